The van der Waals surface area contributed by atoms with Crippen molar-refractivity contribution in [1.82, 2.24) is 14.5 Å². The van der Waals surface area contributed by atoms with E-state index in [1.807, 2.05) is 62.4 Å². The molecule has 0 saturated heterocycles. The average molecular weight is 928 g/mol. The van der Waals surface area contributed by atoms with Gasteiger partial charge in [-0.05, 0) is 100 Å². The van der Waals surface area contributed by atoms with Gasteiger partial charge in [0.05, 0.1) is 22.4 Å². The van der Waals surface area contributed by atoms with Crippen molar-refractivity contribution >= 4 is 43.7 Å². The second-order valence-electron chi connectivity index (χ2n) is 14.9. The van der Waals surface area contributed by atoms with Gasteiger partial charge in [0.1, 0.15) is 5.58 Å². The first kappa shape index (κ1) is 34.9. The van der Waals surface area contributed by atoms with Crippen molar-refractivity contribution in [2.24, 2.45) is 0 Å². The molecule has 0 unspecified atom stereocenters. The SMILES string of the molecule is CC(C)c1cccc(C(C)C)c1-n1c(-c2[c-]cccc2)nc2ccccc21.[2H]C([2H])([2H])c1cnc(-c2[c-]ccc3c2oc2cc4ccccc4cc23)cc1C([2H])(CC)CC.[Ir]. The number of imidazole rings is 1. The quantitative estimate of drug-likeness (QED) is 0.143. The minimum absolute atomic E-state index is 0. The summed E-state index contributed by atoms with van der Waals surface area (Å²) in [5, 5.41) is 4.20. The molecule has 9 aromatic rings. The number of benzene rings is 6. The van der Waals surface area contributed by atoms with Crippen LogP contribution < -0.4 is 0 Å². The molecule has 6 aromatic carbocycles. The van der Waals surface area contributed by atoms with E-state index < -0.39 is 12.7 Å². The molecule has 0 bridgehead atoms. The van der Waals surface area contributed by atoms with Gasteiger partial charge in [0, 0.05) is 42.9 Å². The van der Waals surface area contributed by atoms with Crippen LogP contribution in [0.25, 0.3) is 72.1 Å². The third kappa shape index (κ3) is 7.59. The van der Waals surface area contributed by atoms with Crippen molar-refractivity contribution in [3.63, 3.8) is 0 Å². The molecule has 0 spiro atoms. The Balaban J connectivity index is 0.000000185. The monoisotopic (exact) mass is 928 g/mol. The predicted molar refractivity (Wildman–Crippen MR) is 235 cm³/mol. The molecule has 3 heterocycles. The first-order valence-corrected chi connectivity index (χ1v) is 19.7. The normalized spacial score (nSPS) is 13.0. The van der Waals surface area contributed by atoms with Gasteiger partial charge in [0.25, 0.3) is 0 Å². The zero-order chi connectivity index (χ0) is 42.3. The van der Waals surface area contributed by atoms with E-state index in [4.69, 9.17) is 14.9 Å². The minimum atomic E-state index is -2.34. The Morgan fingerprint density at radius 2 is 1.44 bits per heavy atom. The number of hydrogen-bond donors (Lipinski definition) is 0. The summed E-state index contributed by atoms with van der Waals surface area (Å²) in [6.45, 7) is 10.5. The third-order valence-electron chi connectivity index (χ3n) is 10.8. The molecular weight excluding hydrogens is 875 g/mol. The van der Waals surface area contributed by atoms with Crippen LogP contribution in [0.15, 0.2) is 132 Å². The maximum atomic E-state index is 8.96. The summed E-state index contributed by atoms with van der Waals surface area (Å²) in [5.41, 5.74) is 10.4. The Kier molecular flexibility index (Phi) is 10.4. The van der Waals surface area contributed by atoms with Crippen LogP contribution in [0.3, 0.4) is 0 Å². The predicted octanol–water partition coefficient (Wildman–Crippen LogP) is 14.6. The maximum Gasteiger partial charge on any atom is 0.121 e. The summed E-state index contributed by atoms with van der Waals surface area (Å²) in [5.74, 6) is 0.785. The van der Waals surface area contributed by atoms with Crippen LogP contribution in [-0.4, -0.2) is 14.5 Å². The van der Waals surface area contributed by atoms with Crippen molar-refractivity contribution in [3.8, 4) is 28.3 Å². The molecule has 4 nitrogen and oxygen atoms in total. The minimum Gasteiger partial charge on any atom is -0.501 e. The Morgan fingerprint density at radius 1 is 0.737 bits per heavy atom. The summed E-state index contributed by atoms with van der Waals surface area (Å²) in [6.07, 6.45) is 2.40. The van der Waals surface area contributed by atoms with Gasteiger partial charge in [-0.15, -0.1) is 54.1 Å². The smallest absolute Gasteiger partial charge is 0.121 e. The van der Waals surface area contributed by atoms with Crippen molar-refractivity contribution in [3.05, 3.63) is 162 Å². The second kappa shape index (κ2) is 17.0. The summed E-state index contributed by atoms with van der Waals surface area (Å²) in [4.78, 5) is 9.49. The Morgan fingerprint density at radius 3 is 2.12 bits per heavy atom. The first-order chi connectivity index (χ1) is 28.8. The summed E-state index contributed by atoms with van der Waals surface area (Å²) >= 11 is 0. The van der Waals surface area contributed by atoms with Gasteiger partial charge in [-0.1, -0.05) is 113 Å². The molecule has 0 fully saturated rings. The van der Waals surface area contributed by atoms with Gasteiger partial charge in [0.15, 0.2) is 0 Å². The summed E-state index contributed by atoms with van der Waals surface area (Å²) in [6, 6.07) is 47.7. The van der Waals surface area contributed by atoms with Crippen LogP contribution in [-0.2, 0) is 20.1 Å². The van der Waals surface area contributed by atoms with E-state index in [2.05, 4.69) is 116 Å². The van der Waals surface area contributed by atoms with Crippen LogP contribution in [0, 0.1) is 19.0 Å². The number of aryl methyl sites for hydroxylation is 1. The molecular formula is C52H49IrN3O-2. The number of rotatable bonds is 8. The Labute approximate surface area is 356 Å². The van der Waals surface area contributed by atoms with Crippen molar-refractivity contribution in [2.45, 2.75) is 79.0 Å². The Bertz CT molecular complexity index is 2950. The largest absolute Gasteiger partial charge is 0.501 e. The number of nitrogens with zero attached hydrogens (tertiary/aromatic N) is 3. The van der Waals surface area contributed by atoms with E-state index in [9.17, 15) is 0 Å². The van der Waals surface area contributed by atoms with Crippen LogP contribution in [0.5, 0.6) is 0 Å². The molecule has 0 aliphatic rings. The van der Waals surface area contributed by atoms with Crippen molar-refractivity contribution in [2.75, 3.05) is 0 Å². The topological polar surface area (TPSA) is 43.9 Å². The van der Waals surface area contributed by atoms with Gasteiger partial charge in [-0.25, -0.2) is 0 Å². The van der Waals surface area contributed by atoms with Crippen LogP contribution >= 0.6 is 0 Å². The molecule has 0 N–H and O–H groups in total. The van der Waals surface area contributed by atoms with Gasteiger partial charge >= 0.3 is 0 Å². The molecule has 0 aliphatic carbocycles. The van der Waals surface area contributed by atoms with E-state index >= 15 is 0 Å². The van der Waals surface area contributed by atoms with E-state index in [0.29, 0.717) is 47.1 Å². The second-order valence-corrected chi connectivity index (χ2v) is 14.9. The fourth-order valence-electron chi connectivity index (χ4n) is 7.87. The van der Waals surface area contributed by atoms with E-state index in [-0.39, 0.29) is 25.7 Å². The molecule has 0 saturated carbocycles. The van der Waals surface area contributed by atoms with Gasteiger partial charge in [-0.3, -0.25) is 4.98 Å². The molecule has 289 valence electrons. The molecule has 0 amide bonds. The number of hydrogen-bond acceptors (Lipinski definition) is 3. The van der Waals surface area contributed by atoms with Crippen molar-refractivity contribution < 1.29 is 30.0 Å². The molecule has 3 aromatic heterocycles. The molecule has 9 rings (SSSR count). The zero-order valence-corrected chi connectivity index (χ0v) is 35.7. The van der Waals surface area contributed by atoms with Gasteiger partial charge < -0.3 is 14.0 Å². The van der Waals surface area contributed by atoms with Gasteiger partial charge in [0.2, 0.25) is 0 Å². The molecule has 0 aliphatic heterocycles. The maximum absolute atomic E-state index is 8.96. The van der Waals surface area contributed by atoms with Crippen LogP contribution in [0.1, 0.15) is 99.9 Å². The number of para-hydroxylation sites is 3. The Hall–Kier alpha value is -5.35. The number of aromatic nitrogens is 3. The van der Waals surface area contributed by atoms with E-state index in [1.165, 1.54) is 23.0 Å². The summed E-state index contributed by atoms with van der Waals surface area (Å²) < 4.78 is 41.5. The van der Waals surface area contributed by atoms with Crippen LogP contribution in [0.4, 0.5) is 0 Å². The standard InChI is InChI=1S/C27H24NO.C25H25N2.Ir/c1-4-18(5-2)23-15-25(28-16-17(23)3)22-12-8-11-21-24-13-19-9-6-7-10-20(19)14-26(24)29-27(21)22;1-17(2)20-13-10-14-21(18(3)4)24(20)27-23-16-9-8-15-22(23)26-25(27)19-11-6-5-7-12-19;/h6-11,13-16,18H,4-5H2,1-3H3;5-11,13-18H,1-4H3;/q2*-1;/i3D3,18D;;. The third-order valence-corrected chi connectivity index (χ3v) is 10.8. The number of furan rings is 1. The molecule has 1 radical (unpaired) electrons. The number of fused-ring (bicyclic) bond motifs is 5. The molecule has 5 heteroatoms. The fourth-order valence-corrected chi connectivity index (χ4v) is 7.87. The average Bonchev–Trinajstić information content (AvgIpc) is 3.83. The molecule has 57 heavy (non-hydrogen) atoms. The first-order valence-electron chi connectivity index (χ1n) is 21.7. The zero-order valence-electron chi connectivity index (χ0n) is 37.3. The number of pyridine rings is 1. The molecule has 0 atom stereocenters. The summed E-state index contributed by atoms with van der Waals surface area (Å²) in [7, 11) is 0. The van der Waals surface area contributed by atoms with Crippen LogP contribution in [0.2, 0.25) is 0 Å². The fraction of sp³-hybridized carbons (Fsp3) is 0.231. The van der Waals surface area contributed by atoms with E-state index in [0.717, 1.165) is 49.5 Å². The van der Waals surface area contributed by atoms with Gasteiger partial charge in [-0.2, -0.15) is 0 Å². The van der Waals surface area contributed by atoms with Crippen molar-refractivity contribution in [1.29, 1.82) is 0 Å². The van der Waals surface area contributed by atoms with E-state index in [1.54, 1.807) is 6.07 Å².